The van der Waals surface area contributed by atoms with Gasteiger partial charge in [-0.25, -0.2) is 0 Å². The number of rotatable bonds is 10. The fourth-order valence-corrected chi connectivity index (χ4v) is 1.88. The lowest BCUT2D eigenvalue weighted by molar-refractivity contribution is 0.108. The van der Waals surface area contributed by atoms with Gasteiger partial charge in [0.2, 0.25) is 0 Å². The third kappa shape index (κ3) is 12.4. The van der Waals surface area contributed by atoms with Gasteiger partial charge in [-0.15, -0.1) is 0 Å². The van der Waals surface area contributed by atoms with E-state index in [0.29, 0.717) is 0 Å². The Morgan fingerprint density at radius 3 is 2.11 bits per heavy atom. The van der Waals surface area contributed by atoms with Crippen molar-refractivity contribution in [3.63, 3.8) is 0 Å². The molecule has 0 aromatic carbocycles. The van der Waals surface area contributed by atoms with E-state index in [1.165, 1.54) is 25.7 Å². The summed E-state index contributed by atoms with van der Waals surface area (Å²) in [5, 5.41) is 3.61. The van der Waals surface area contributed by atoms with Gasteiger partial charge in [-0.1, -0.05) is 27.2 Å². The Morgan fingerprint density at radius 2 is 1.61 bits per heavy atom. The molecule has 1 unspecified atom stereocenters. The molecular weight excluding hydrogens is 222 g/mol. The van der Waals surface area contributed by atoms with Gasteiger partial charge in [-0.3, -0.25) is 0 Å². The van der Waals surface area contributed by atoms with Crippen LogP contribution in [0.15, 0.2) is 0 Å². The summed E-state index contributed by atoms with van der Waals surface area (Å²) < 4.78 is 5.73. The molecule has 1 N–H and O–H groups in total. The van der Waals surface area contributed by atoms with Crippen LogP contribution in [-0.2, 0) is 4.74 Å². The SMILES string of the molecule is CCCC(CCOCCC(C)C)CNC(C)(C)C. The summed E-state index contributed by atoms with van der Waals surface area (Å²) >= 11 is 0. The second-order valence-corrected chi connectivity index (χ2v) is 6.87. The molecule has 0 aliphatic rings. The molecule has 0 spiro atoms. The van der Waals surface area contributed by atoms with Gasteiger partial charge in [-0.05, 0) is 58.4 Å². The van der Waals surface area contributed by atoms with Crippen LogP contribution in [-0.4, -0.2) is 25.3 Å². The van der Waals surface area contributed by atoms with Gasteiger partial charge in [0.05, 0.1) is 0 Å². The Kier molecular flexibility index (Phi) is 9.76. The highest BCUT2D eigenvalue weighted by Gasteiger charge is 2.13. The van der Waals surface area contributed by atoms with Crippen molar-refractivity contribution in [2.24, 2.45) is 11.8 Å². The highest BCUT2D eigenvalue weighted by Crippen LogP contribution is 2.12. The van der Waals surface area contributed by atoms with Crippen LogP contribution in [0.1, 0.15) is 67.2 Å². The molecule has 0 aromatic heterocycles. The predicted octanol–water partition coefficient (Wildman–Crippen LogP) is 4.24. The molecule has 0 fully saturated rings. The second kappa shape index (κ2) is 9.80. The van der Waals surface area contributed by atoms with Crippen LogP contribution in [0, 0.1) is 11.8 Å². The minimum Gasteiger partial charge on any atom is -0.381 e. The van der Waals surface area contributed by atoms with Crippen LogP contribution in [0.4, 0.5) is 0 Å². The Morgan fingerprint density at radius 1 is 1.00 bits per heavy atom. The predicted molar refractivity (Wildman–Crippen MR) is 81.0 cm³/mol. The molecular formula is C16H35NO. The van der Waals surface area contributed by atoms with Crippen molar-refractivity contribution in [2.45, 2.75) is 72.8 Å². The first-order chi connectivity index (χ1) is 8.35. The van der Waals surface area contributed by atoms with Gasteiger partial charge < -0.3 is 10.1 Å². The first-order valence-electron chi connectivity index (χ1n) is 7.68. The molecule has 2 nitrogen and oxygen atoms in total. The summed E-state index contributed by atoms with van der Waals surface area (Å²) in [6, 6.07) is 0. The fourth-order valence-electron chi connectivity index (χ4n) is 1.88. The molecule has 18 heavy (non-hydrogen) atoms. The fraction of sp³-hybridized carbons (Fsp3) is 1.00. The van der Waals surface area contributed by atoms with E-state index in [1.54, 1.807) is 0 Å². The van der Waals surface area contributed by atoms with Crippen LogP contribution in [0.3, 0.4) is 0 Å². The summed E-state index contributed by atoms with van der Waals surface area (Å²) in [6.45, 7) is 16.4. The molecule has 0 amide bonds. The first-order valence-corrected chi connectivity index (χ1v) is 7.68. The molecule has 0 aromatic rings. The van der Waals surface area contributed by atoms with Crippen molar-refractivity contribution in [3.8, 4) is 0 Å². The molecule has 0 rings (SSSR count). The molecule has 0 aliphatic carbocycles. The minimum absolute atomic E-state index is 0.227. The maximum atomic E-state index is 5.73. The Balaban J connectivity index is 3.69. The maximum absolute atomic E-state index is 5.73. The summed E-state index contributed by atoms with van der Waals surface area (Å²) in [5.74, 6) is 1.51. The third-order valence-electron chi connectivity index (χ3n) is 3.13. The van der Waals surface area contributed by atoms with E-state index in [4.69, 9.17) is 4.74 Å². The van der Waals surface area contributed by atoms with Crippen LogP contribution in [0.2, 0.25) is 0 Å². The van der Waals surface area contributed by atoms with E-state index in [2.05, 4.69) is 46.9 Å². The van der Waals surface area contributed by atoms with Crippen molar-refractivity contribution in [1.82, 2.24) is 5.32 Å². The van der Waals surface area contributed by atoms with Crippen LogP contribution in [0.5, 0.6) is 0 Å². The van der Waals surface area contributed by atoms with Crippen molar-refractivity contribution < 1.29 is 4.74 Å². The zero-order valence-electron chi connectivity index (χ0n) is 13.5. The molecule has 0 saturated carbocycles. The molecule has 1 atom stereocenters. The Labute approximate surface area is 115 Å². The van der Waals surface area contributed by atoms with Crippen molar-refractivity contribution in [2.75, 3.05) is 19.8 Å². The molecule has 0 radical (unpaired) electrons. The molecule has 0 heterocycles. The first kappa shape index (κ1) is 17.9. The van der Waals surface area contributed by atoms with Crippen LogP contribution in [0.25, 0.3) is 0 Å². The molecule has 110 valence electrons. The van der Waals surface area contributed by atoms with E-state index < -0.39 is 0 Å². The summed E-state index contributed by atoms with van der Waals surface area (Å²) in [6.07, 6.45) is 4.94. The highest BCUT2D eigenvalue weighted by atomic mass is 16.5. The third-order valence-corrected chi connectivity index (χ3v) is 3.13. The number of ether oxygens (including phenoxy) is 1. The summed E-state index contributed by atoms with van der Waals surface area (Å²) in [4.78, 5) is 0. The van der Waals surface area contributed by atoms with Crippen LogP contribution >= 0.6 is 0 Å². The van der Waals surface area contributed by atoms with Gasteiger partial charge in [0, 0.05) is 18.8 Å². The van der Waals surface area contributed by atoms with Crippen molar-refractivity contribution in [1.29, 1.82) is 0 Å². The van der Waals surface area contributed by atoms with E-state index in [0.717, 1.165) is 31.6 Å². The van der Waals surface area contributed by atoms with E-state index in [-0.39, 0.29) is 5.54 Å². The monoisotopic (exact) mass is 257 g/mol. The standard InChI is InChI=1S/C16H35NO/c1-7-8-15(13-17-16(4,5)6)10-12-18-11-9-14(2)3/h14-15,17H,7-13H2,1-6H3. The van der Waals surface area contributed by atoms with Gasteiger partial charge in [0.1, 0.15) is 0 Å². The van der Waals surface area contributed by atoms with Crippen molar-refractivity contribution >= 4 is 0 Å². The molecule has 0 aliphatic heterocycles. The maximum Gasteiger partial charge on any atom is 0.0469 e. The number of hydrogen-bond acceptors (Lipinski definition) is 2. The van der Waals surface area contributed by atoms with Crippen LogP contribution < -0.4 is 5.32 Å². The molecule has 2 heteroatoms. The van der Waals surface area contributed by atoms with E-state index in [1.807, 2.05) is 0 Å². The van der Waals surface area contributed by atoms with Gasteiger partial charge in [0.15, 0.2) is 0 Å². The smallest absolute Gasteiger partial charge is 0.0469 e. The number of nitrogens with one attached hydrogen (secondary N) is 1. The molecule has 0 saturated heterocycles. The highest BCUT2D eigenvalue weighted by molar-refractivity contribution is 4.73. The van der Waals surface area contributed by atoms with E-state index >= 15 is 0 Å². The molecule has 0 bridgehead atoms. The average molecular weight is 257 g/mol. The minimum atomic E-state index is 0.227. The largest absolute Gasteiger partial charge is 0.381 e. The summed E-state index contributed by atoms with van der Waals surface area (Å²) in [5.41, 5.74) is 0.227. The lowest BCUT2D eigenvalue weighted by Gasteiger charge is -2.25. The van der Waals surface area contributed by atoms with E-state index in [9.17, 15) is 0 Å². The summed E-state index contributed by atoms with van der Waals surface area (Å²) in [7, 11) is 0. The normalized spacial score (nSPS) is 14.2. The Bertz CT molecular complexity index is 184. The average Bonchev–Trinajstić information content (AvgIpc) is 2.23. The zero-order valence-corrected chi connectivity index (χ0v) is 13.5. The topological polar surface area (TPSA) is 21.3 Å². The lowest BCUT2D eigenvalue weighted by atomic mass is 9.98. The Hall–Kier alpha value is -0.0800. The zero-order chi connectivity index (χ0) is 14.0. The quantitative estimate of drug-likeness (QED) is 0.591. The van der Waals surface area contributed by atoms with Gasteiger partial charge >= 0.3 is 0 Å². The van der Waals surface area contributed by atoms with Gasteiger partial charge in [0.25, 0.3) is 0 Å². The van der Waals surface area contributed by atoms with Gasteiger partial charge in [-0.2, -0.15) is 0 Å². The second-order valence-electron chi connectivity index (χ2n) is 6.87. The number of hydrogen-bond donors (Lipinski definition) is 1. The lowest BCUT2D eigenvalue weighted by Crippen LogP contribution is -2.39. The van der Waals surface area contributed by atoms with Crippen molar-refractivity contribution in [3.05, 3.63) is 0 Å².